The number of hydrogen-bond donors (Lipinski definition) is 2. The zero-order chi connectivity index (χ0) is 23.4. The van der Waals surface area contributed by atoms with Gasteiger partial charge in [0, 0.05) is 16.2 Å². The highest BCUT2D eigenvalue weighted by Crippen LogP contribution is 2.60. The normalized spacial score (nSPS) is 14.8. The summed E-state index contributed by atoms with van der Waals surface area (Å²) in [6.45, 7) is 0. The number of benzene rings is 1. The Morgan fingerprint density at radius 3 is 1.45 bits per heavy atom. The second-order valence-electron chi connectivity index (χ2n) is 5.33. The molecule has 0 bridgehead atoms. The SMILES string of the molecule is Nc1cc(OC(F)(F)C(F)(F)C(F)(F)C(F)(F)C(F)(F)C(F)(F)F)c(N)cc1Br. The molecule has 17 heteroatoms. The van der Waals surface area contributed by atoms with Crippen LogP contribution in [0.2, 0.25) is 0 Å². The van der Waals surface area contributed by atoms with Gasteiger partial charge in [-0.1, -0.05) is 0 Å². The Morgan fingerprint density at radius 2 is 1.03 bits per heavy atom. The molecule has 0 aromatic heterocycles. The van der Waals surface area contributed by atoms with Crippen molar-refractivity contribution in [2.45, 2.75) is 36.0 Å². The molecule has 3 nitrogen and oxygen atoms in total. The van der Waals surface area contributed by atoms with Crippen molar-refractivity contribution in [1.29, 1.82) is 0 Å². The van der Waals surface area contributed by atoms with Gasteiger partial charge >= 0.3 is 36.0 Å². The van der Waals surface area contributed by atoms with Crippen LogP contribution in [0.25, 0.3) is 0 Å². The van der Waals surface area contributed by atoms with Gasteiger partial charge in [-0.15, -0.1) is 0 Å². The summed E-state index contributed by atoms with van der Waals surface area (Å²) in [6.07, 6.45) is -14.2. The minimum Gasteiger partial charge on any atom is -0.426 e. The Kier molecular flexibility index (Phi) is 5.97. The molecule has 4 N–H and O–H groups in total. The van der Waals surface area contributed by atoms with Crippen molar-refractivity contribution in [3.8, 4) is 5.75 Å². The van der Waals surface area contributed by atoms with E-state index in [1.165, 1.54) is 0 Å². The first-order valence-electron chi connectivity index (χ1n) is 6.54. The van der Waals surface area contributed by atoms with Gasteiger partial charge in [-0.25, -0.2) is 0 Å². The maximum atomic E-state index is 13.6. The molecule has 0 unspecified atom stereocenters. The summed E-state index contributed by atoms with van der Waals surface area (Å²) < 4.78 is 171. The van der Waals surface area contributed by atoms with Crippen LogP contribution >= 0.6 is 15.9 Å². The van der Waals surface area contributed by atoms with Gasteiger partial charge < -0.3 is 16.2 Å². The highest BCUT2D eigenvalue weighted by Gasteiger charge is 2.91. The first-order chi connectivity index (χ1) is 12.5. The number of nitrogen functional groups attached to an aromatic ring is 2. The number of ether oxygens (including phenoxy) is 1. The standard InChI is InChI=1S/C12H6BrF13N2O/c13-3-1-5(28)6(2-4(3)27)29-12(25,26)10(20,21)8(16,17)7(14,15)9(18,19)11(22,23)24/h1-2H,27-28H2. The monoisotopic (exact) mass is 520 g/mol. The van der Waals surface area contributed by atoms with E-state index in [2.05, 4.69) is 20.7 Å². The van der Waals surface area contributed by atoms with Gasteiger partial charge in [-0.05, 0) is 22.0 Å². The Hall–Kier alpha value is -1.81. The fourth-order valence-corrected chi connectivity index (χ4v) is 1.99. The molecule has 0 saturated carbocycles. The molecule has 29 heavy (non-hydrogen) atoms. The first kappa shape index (κ1) is 25.2. The quantitative estimate of drug-likeness (QED) is 0.374. The molecule has 0 aliphatic carbocycles. The molecule has 0 aliphatic heterocycles. The molecule has 0 spiro atoms. The van der Waals surface area contributed by atoms with Gasteiger partial charge in [0.25, 0.3) is 0 Å². The van der Waals surface area contributed by atoms with Crippen molar-refractivity contribution in [1.82, 2.24) is 0 Å². The van der Waals surface area contributed by atoms with Gasteiger partial charge in [0.15, 0.2) is 5.75 Å². The molecule has 0 heterocycles. The average molecular weight is 521 g/mol. The Labute approximate surface area is 159 Å². The van der Waals surface area contributed by atoms with Crippen LogP contribution in [0.1, 0.15) is 0 Å². The second-order valence-corrected chi connectivity index (χ2v) is 6.18. The maximum absolute atomic E-state index is 13.6. The number of anilines is 2. The van der Waals surface area contributed by atoms with E-state index in [-0.39, 0.29) is 10.5 Å². The lowest BCUT2D eigenvalue weighted by Crippen LogP contribution is -2.70. The molecular formula is C12H6BrF13N2O. The van der Waals surface area contributed by atoms with Crippen LogP contribution in [0.15, 0.2) is 16.6 Å². The zero-order valence-corrected chi connectivity index (χ0v) is 14.6. The van der Waals surface area contributed by atoms with Crippen LogP contribution in [0.5, 0.6) is 5.75 Å². The third-order valence-corrected chi connectivity index (χ3v) is 3.96. The molecule has 1 aromatic rings. The lowest BCUT2D eigenvalue weighted by Gasteiger charge is -2.39. The summed E-state index contributed by atoms with van der Waals surface area (Å²) >= 11 is 2.69. The fraction of sp³-hybridized carbons (Fsp3) is 0.500. The highest BCUT2D eigenvalue weighted by molar-refractivity contribution is 9.10. The number of halogens is 14. The molecule has 0 atom stereocenters. The highest BCUT2D eigenvalue weighted by atomic mass is 79.9. The average Bonchev–Trinajstić information content (AvgIpc) is 2.50. The van der Waals surface area contributed by atoms with Crippen LogP contribution in [-0.2, 0) is 0 Å². The zero-order valence-electron chi connectivity index (χ0n) is 13.0. The minimum atomic E-state index is -8.02. The van der Waals surface area contributed by atoms with Crippen molar-refractivity contribution >= 4 is 27.3 Å². The topological polar surface area (TPSA) is 61.3 Å². The van der Waals surface area contributed by atoms with E-state index in [4.69, 9.17) is 11.5 Å². The van der Waals surface area contributed by atoms with Gasteiger partial charge in [-0.2, -0.15) is 57.1 Å². The van der Waals surface area contributed by atoms with Gasteiger partial charge in [0.05, 0.1) is 5.69 Å². The molecule has 0 saturated heterocycles. The molecule has 1 aromatic carbocycles. The van der Waals surface area contributed by atoms with E-state index in [1.54, 1.807) is 0 Å². The lowest BCUT2D eigenvalue weighted by molar-refractivity contribution is -0.456. The van der Waals surface area contributed by atoms with Gasteiger partial charge in [0.1, 0.15) is 0 Å². The van der Waals surface area contributed by atoms with Crippen molar-refractivity contribution < 1.29 is 61.8 Å². The van der Waals surface area contributed by atoms with Crippen LogP contribution < -0.4 is 16.2 Å². The van der Waals surface area contributed by atoms with E-state index >= 15 is 0 Å². The van der Waals surface area contributed by atoms with E-state index in [9.17, 15) is 57.1 Å². The first-order valence-corrected chi connectivity index (χ1v) is 7.33. The number of rotatable bonds is 6. The van der Waals surface area contributed by atoms with E-state index in [0.717, 1.165) is 0 Å². The van der Waals surface area contributed by atoms with Crippen LogP contribution in [-0.4, -0.2) is 36.0 Å². The Bertz CT molecular complexity index is 778. The molecule has 168 valence electrons. The molecular weight excluding hydrogens is 515 g/mol. The molecule has 0 fully saturated rings. The van der Waals surface area contributed by atoms with E-state index < -0.39 is 53.1 Å². The third-order valence-electron chi connectivity index (χ3n) is 3.27. The predicted octanol–water partition coefficient (Wildman–Crippen LogP) is 5.69. The number of nitrogens with two attached hydrogens (primary N) is 2. The van der Waals surface area contributed by atoms with Crippen molar-refractivity contribution in [2.24, 2.45) is 0 Å². The Balaban J connectivity index is 3.49. The Morgan fingerprint density at radius 1 is 0.621 bits per heavy atom. The summed E-state index contributed by atoms with van der Waals surface area (Å²) in [4.78, 5) is 0. The van der Waals surface area contributed by atoms with E-state index in [1.807, 2.05) is 0 Å². The van der Waals surface area contributed by atoms with Crippen LogP contribution in [0.4, 0.5) is 68.5 Å². The minimum absolute atomic E-state index is 0.140. The summed E-state index contributed by atoms with van der Waals surface area (Å²) in [6, 6.07) is 0.869. The third kappa shape index (κ3) is 3.72. The molecule has 1 rings (SSSR count). The summed E-state index contributed by atoms with van der Waals surface area (Å²) in [5.41, 5.74) is 8.69. The molecule has 0 aliphatic rings. The summed E-state index contributed by atoms with van der Waals surface area (Å²) in [5, 5.41) is 0. The van der Waals surface area contributed by atoms with Gasteiger partial charge in [-0.3, -0.25) is 0 Å². The number of hydrogen-bond acceptors (Lipinski definition) is 3. The second kappa shape index (κ2) is 6.87. The van der Waals surface area contributed by atoms with Crippen LogP contribution in [0.3, 0.4) is 0 Å². The number of alkyl halides is 13. The summed E-state index contributed by atoms with van der Waals surface area (Å²) in [5.74, 6) is -33.0. The van der Waals surface area contributed by atoms with Crippen molar-refractivity contribution in [2.75, 3.05) is 11.5 Å². The largest absolute Gasteiger partial charge is 0.471 e. The molecule has 0 radical (unpaired) electrons. The molecule has 0 amide bonds. The maximum Gasteiger partial charge on any atom is 0.471 e. The van der Waals surface area contributed by atoms with Crippen LogP contribution in [0, 0.1) is 0 Å². The fourth-order valence-electron chi connectivity index (χ4n) is 1.63. The van der Waals surface area contributed by atoms with E-state index in [0.29, 0.717) is 6.07 Å². The van der Waals surface area contributed by atoms with Gasteiger partial charge in [0.2, 0.25) is 0 Å². The predicted molar refractivity (Wildman–Crippen MR) is 74.4 cm³/mol. The lowest BCUT2D eigenvalue weighted by atomic mass is 9.97. The smallest absolute Gasteiger partial charge is 0.426 e. The van der Waals surface area contributed by atoms with Crippen molar-refractivity contribution in [3.05, 3.63) is 16.6 Å². The van der Waals surface area contributed by atoms with Crippen molar-refractivity contribution in [3.63, 3.8) is 0 Å². The summed E-state index contributed by atoms with van der Waals surface area (Å²) in [7, 11) is 0.